The van der Waals surface area contributed by atoms with Gasteiger partial charge in [0, 0.05) is 5.56 Å². The lowest BCUT2D eigenvalue weighted by Crippen LogP contribution is -2.27. The van der Waals surface area contributed by atoms with E-state index in [9.17, 15) is 19.2 Å². The van der Waals surface area contributed by atoms with Crippen molar-refractivity contribution in [3.63, 3.8) is 0 Å². The van der Waals surface area contributed by atoms with Crippen LogP contribution in [0.4, 0.5) is 5.00 Å². The first kappa shape index (κ1) is 16.3. The zero-order valence-corrected chi connectivity index (χ0v) is 11.4. The van der Waals surface area contributed by atoms with Gasteiger partial charge in [-0.1, -0.05) is 0 Å². The lowest BCUT2D eigenvalue weighted by atomic mass is 10.1. The van der Waals surface area contributed by atoms with Gasteiger partial charge in [-0.2, -0.15) is 5.26 Å². The van der Waals surface area contributed by atoms with E-state index in [1.54, 1.807) is 6.07 Å². The third-order valence-corrected chi connectivity index (χ3v) is 3.78. The number of hydrogen-bond acceptors (Lipinski definition) is 7. The number of aldehydes is 2. The predicted molar refractivity (Wildman–Crippen MR) is 71.7 cm³/mol. The zero-order chi connectivity index (χ0) is 16.0. The maximum absolute atomic E-state index is 11.2. The van der Waals surface area contributed by atoms with Crippen molar-refractivity contribution < 1.29 is 29.4 Å². The van der Waals surface area contributed by atoms with Gasteiger partial charge in [0.2, 0.25) is 0 Å². The summed E-state index contributed by atoms with van der Waals surface area (Å²) in [5.41, 5.74) is -0.261. The summed E-state index contributed by atoms with van der Waals surface area (Å²) < 4.78 is 0. The Hall–Kier alpha value is -2.73. The molecule has 0 aliphatic heterocycles. The molecule has 1 aromatic rings. The molecule has 2 N–H and O–H groups in total. The highest BCUT2D eigenvalue weighted by Gasteiger charge is 2.26. The molecule has 0 saturated carbocycles. The largest absolute Gasteiger partial charge is 0.481 e. The van der Waals surface area contributed by atoms with E-state index in [-0.39, 0.29) is 34.1 Å². The first-order chi connectivity index (χ1) is 9.96. The molecule has 1 heterocycles. The normalized spacial score (nSPS) is 9.67. The minimum Gasteiger partial charge on any atom is -0.481 e. The van der Waals surface area contributed by atoms with E-state index in [1.807, 2.05) is 0 Å². The minimum atomic E-state index is -1.36. The molecule has 0 aromatic carbocycles. The zero-order valence-electron chi connectivity index (χ0n) is 10.6. The topological polar surface area (TPSA) is 136 Å². The second-order valence-electron chi connectivity index (χ2n) is 3.82. The SMILES string of the molecule is N#Cc1c(N(CC=O)CC=O)sc(C(=O)O)c1CC(=O)O. The van der Waals surface area contributed by atoms with Crippen LogP contribution in [-0.2, 0) is 20.8 Å². The number of hydrogen-bond donors (Lipinski definition) is 2. The molecule has 0 fully saturated rings. The van der Waals surface area contributed by atoms with E-state index >= 15 is 0 Å². The van der Waals surface area contributed by atoms with Gasteiger partial charge in [-0.3, -0.25) is 4.79 Å². The third kappa shape index (κ3) is 3.64. The van der Waals surface area contributed by atoms with Crippen LogP contribution in [0.2, 0.25) is 0 Å². The van der Waals surface area contributed by atoms with Crippen molar-refractivity contribution in [2.45, 2.75) is 6.42 Å². The number of aromatic carboxylic acids is 1. The Balaban J connectivity index is 3.48. The molecule has 0 radical (unpaired) electrons. The van der Waals surface area contributed by atoms with Gasteiger partial charge in [-0.05, 0) is 0 Å². The van der Waals surface area contributed by atoms with Crippen LogP contribution in [0, 0.1) is 11.3 Å². The summed E-state index contributed by atoms with van der Waals surface area (Å²) in [5, 5.41) is 27.2. The maximum Gasteiger partial charge on any atom is 0.346 e. The van der Waals surface area contributed by atoms with Gasteiger partial charge in [0.05, 0.1) is 25.1 Å². The van der Waals surface area contributed by atoms with Crippen LogP contribution >= 0.6 is 11.3 Å². The summed E-state index contributed by atoms with van der Waals surface area (Å²) in [6.45, 7) is -0.418. The molecule has 1 aromatic heterocycles. The van der Waals surface area contributed by atoms with Gasteiger partial charge >= 0.3 is 11.9 Å². The van der Waals surface area contributed by atoms with Crippen molar-refractivity contribution in [2.24, 2.45) is 0 Å². The Bertz CT molecular complexity index is 620. The minimum absolute atomic E-state index is 0.102. The van der Waals surface area contributed by atoms with E-state index in [0.29, 0.717) is 23.9 Å². The monoisotopic (exact) mass is 310 g/mol. The lowest BCUT2D eigenvalue weighted by Gasteiger charge is -2.17. The number of thiophene rings is 1. The first-order valence-electron chi connectivity index (χ1n) is 5.59. The molecular formula is C12H10N2O6S. The fourth-order valence-corrected chi connectivity index (χ4v) is 2.83. The molecule has 0 unspecified atom stereocenters. The number of rotatable bonds is 8. The van der Waals surface area contributed by atoms with Crippen molar-refractivity contribution >= 4 is 40.8 Å². The van der Waals surface area contributed by atoms with Crippen molar-refractivity contribution in [1.29, 1.82) is 5.26 Å². The second kappa shape index (κ2) is 7.16. The van der Waals surface area contributed by atoms with Crippen LogP contribution in [-0.4, -0.2) is 47.8 Å². The van der Waals surface area contributed by atoms with E-state index in [0.717, 1.165) is 0 Å². The number of nitrogens with zero attached hydrogens (tertiary/aromatic N) is 2. The molecule has 0 aliphatic carbocycles. The Kier molecular flexibility index (Phi) is 5.57. The summed E-state index contributed by atoms with van der Waals surface area (Å²) in [4.78, 5) is 44.2. The summed E-state index contributed by atoms with van der Waals surface area (Å²) in [6, 6.07) is 1.75. The second-order valence-corrected chi connectivity index (χ2v) is 4.81. The van der Waals surface area contributed by atoms with Crippen molar-refractivity contribution in [3.8, 4) is 6.07 Å². The number of nitriles is 1. The standard InChI is InChI=1S/C12H10N2O6S/c13-6-8-7(5-9(17)18)10(12(19)20)21-11(8)14(1-3-15)2-4-16/h3-4H,1-2,5H2,(H,17,18)(H,19,20). The van der Waals surface area contributed by atoms with Crippen LogP contribution in [0.15, 0.2) is 0 Å². The fourth-order valence-electron chi connectivity index (χ4n) is 1.70. The molecule has 0 spiro atoms. The lowest BCUT2D eigenvalue weighted by molar-refractivity contribution is -0.136. The Morgan fingerprint density at radius 2 is 1.81 bits per heavy atom. The molecule has 0 amide bonds. The first-order valence-corrected chi connectivity index (χ1v) is 6.40. The Morgan fingerprint density at radius 1 is 1.24 bits per heavy atom. The quantitative estimate of drug-likeness (QED) is 0.647. The summed E-state index contributed by atoms with van der Waals surface area (Å²) in [6.07, 6.45) is 0.375. The van der Waals surface area contributed by atoms with E-state index in [4.69, 9.17) is 15.5 Å². The Labute approximate surface area is 122 Å². The third-order valence-electron chi connectivity index (χ3n) is 2.50. The average Bonchev–Trinajstić information content (AvgIpc) is 2.76. The number of carboxylic acids is 2. The molecule has 8 nitrogen and oxygen atoms in total. The maximum atomic E-state index is 11.2. The van der Waals surface area contributed by atoms with Crippen molar-refractivity contribution in [2.75, 3.05) is 18.0 Å². The van der Waals surface area contributed by atoms with Gasteiger partial charge in [0.1, 0.15) is 28.5 Å². The van der Waals surface area contributed by atoms with Crippen LogP contribution in [0.5, 0.6) is 0 Å². The molecule has 21 heavy (non-hydrogen) atoms. The molecule has 0 aliphatic rings. The van der Waals surface area contributed by atoms with Gasteiger partial charge in [0.15, 0.2) is 0 Å². The van der Waals surface area contributed by atoms with E-state index in [2.05, 4.69) is 0 Å². The van der Waals surface area contributed by atoms with Crippen LogP contribution in [0.3, 0.4) is 0 Å². The van der Waals surface area contributed by atoms with Gasteiger partial charge in [-0.15, -0.1) is 11.3 Å². The van der Waals surface area contributed by atoms with Crippen LogP contribution in [0.25, 0.3) is 0 Å². The number of carbonyl (C=O) groups excluding carboxylic acids is 2. The highest BCUT2D eigenvalue weighted by Crippen LogP contribution is 2.36. The molecule has 9 heteroatoms. The van der Waals surface area contributed by atoms with Crippen LogP contribution < -0.4 is 4.90 Å². The summed E-state index contributed by atoms with van der Waals surface area (Å²) in [5.74, 6) is -2.65. The number of carbonyl (C=O) groups is 4. The van der Waals surface area contributed by atoms with Crippen molar-refractivity contribution in [1.82, 2.24) is 0 Å². The molecule has 110 valence electrons. The number of carboxylic acid groups (broad SMARTS) is 2. The van der Waals surface area contributed by atoms with Gasteiger partial charge in [-0.25, -0.2) is 4.79 Å². The van der Waals surface area contributed by atoms with E-state index < -0.39 is 18.4 Å². The summed E-state index contributed by atoms with van der Waals surface area (Å²) >= 11 is 0.672. The molecule has 0 saturated heterocycles. The Morgan fingerprint density at radius 3 is 2.19 bits per heavy atom. The average molecular weight is 310 g/mol. The van der Waals surface area contributed by atoms with Gasteiger partial charge in [0.25, 0.3) is 0 Å². The number of anilines is 1. The fraction of sp³-hybridized carbons (Fsp3) is 0.250. The molecule has 1 rings (SSSR count). The highest BCUT2D eigenvalue weighted by atomic mass is 32.1. The van der Waals surface area contributed by atoms with Crippen LogP contribution in [0.1, 0.15) is 20.8 Å². The highest BCUT2D eigenvalue weighted by molar-refractivity contribution is 7.18. The van der Waals surface area contributed by atoms with Crippen molar-refractivity contribution in [3.05, 3.63) is 16.0 Å². The molecule has 0 bridgehead atoms. The summed E-state index contributed by atoms with van der Waals surface area (Å²) in [7, 11) is 0. The number of aliphatic carboxylic acids is 1. The molecule has 0 atom stereocenters. The molecular weight excluding hydrogens is 300 g/mol. The predicted octanol–water partition coefficient (Wildman–Crippen LogP) is 0.149. The van der Waals surface area contributed by atoms with Gasteiger partial charge < -0.3 is 24.7 Å². The smallest absolute Gasteiger partial charge is 0.346 e. The van der Waals surface area contributed by atoms with E-state index in [1.165, 1.54) is 4.90 Å².